The Bertz CT molecular complexity index is 1160. The van der Waals surface area contributed by atoms with Crippen LogP contribution in [0.2, 0.25) is 0 Å². The summed E-state index contributed by atoms with van der Waals surface area (Å²) in [5.74, 6) is 0.858. The van der Waals surface area contributed by atoms with Crippen molar-refractivity contribution in [3.63, 3.8) is 0 Å². The van der Waals surface area contributed by atoms with Crippen LogP contribution in [0.3, 0.4) is 0 Å². The van der Waals surface area contributed by atoms with Crippen LogP contribution in [0.25, 0.3) is 12.2 Å². The quantitative estimate of drug-likeness (QED) is 0.363. The van der Waals surface area contributed by atoms with Crippen molar-refractivity contribution in [2.45, 2.75) is 10.6 Å². The summed E-state index contributed by atoms with van der Waals surface area (Å²) in [5.41, 5.74) is 2.18. The zero-order chi connectivity index (χ0) is 22.4. The summed E-state index contributed by atoms with van der Waals surface area (Å²) in [4.78, 5) is 0.0808. The van der Waals surface area contributed by atoms with E-state index in [2.05, 4.69) is 0 Å². The summed E-state index contributed by atoms with van der Waals surface area (Å²) in [5, 5.41) is 0. The molecule has 0 aromatic heterocycles. The molecule has 3 aromatic rings. The van der Waals surface area contributed by atoms with Crippen LogP contribution in [0.1, 0.15) is 16.7 Å². The second kappa shape index (κ2) is 9.66. The standard InChI is InChI=1S/C24H23FO5S/c1-28-22-14-17(15-23(29-2)24(22)30-3)8-9-18-6-4-5-7-19(18)16-31(26,27)21-12-10-20(25)11-13-21/h4-15H,16H2,1-3H3/b9-8-. The van der Waals surface area contributed by atoms with Crippen LogP contribution in [-0.4, -0.2) is 29.7 Å². The summed E-state index contributed by atoms with van der Waals surface area (Å²) in [6.07, 6.45) is 3.67. The minimum absolute atomic E-state index is 0.0808. The summed E-state index contributed by atoms with van der Waals surface area (Å²) >= 11 is 0. The number of rotatable bonds is 8. The second-order valence-corrected chi connectivity index (χ2v) is 8.69. The van der Waals surface area contributed by atoms with E-state index in [9.17, 15) is 12.8 Å². The first-order chi connectivity index (χ1) is 14.9. The van der Waals surface area contributed by atoms with Crippen LogP contribution in [0.5, 0.6) is 17.2 Å². The van der Waals surface area contributed by atoms with Crippen molar-refractivity contribution < 1.29 is 27.0 Å². The van der Waals surface area contributed by atoms with E-state index >= 15 is 0 Å². The van der Waals surface area contributed by atoms with Crippen molar-refractivity contribution in [2.75, 3.05) is 21.3 Å². The molecule has 0 bridgehead atoms. The van der Waals surface area contributed by atoms with Crippen LogP contribution in [-0.2, 0) is 15.6 Å². The van der Waals surface area contributed by atoms with Gasteiger partial charge in [-0.2, -0.15) is 0 Å². The van der Waals surface area contributed by atoms with Gasteiger partial charge in [-0.25, -0.2) is 12.8 Å². The minimum Gasteiger partial charge on any atom is -0.493 e. The van der Waals surface area contributed by atoms with Gasteiger partial charge in [0.1, 0.15) is 5.82 Å². The molecule has 0 spiro atoms. The third-order valence-corrected chi connectivity index (χ3v) is 6.40. The van der Waals surface area contributed by atoms with Gasteiger partial charge < -0.3 is 14.2 Å². The molecule has 0 aliphatic carbocycles. The van der Waals surface area contributed by atoms with Gasteiger partial charge in [0.25, 0.3) is 0 Å². The summed E-state index contributed by atoms with van der Waals surface area (Å²) in [7, 11) is 0.997. The number of sulfone groups is 1. The molecule has 0 N–H and O–H groups in total. The fourth-order valence-electron chi connectivity index (χ4n) is 3.14. The molecule has 0 saturated carbocycles. The van der Waals surface area contributed by atoms with Gasteiger partial charge in [0.2, 0.25) is 5.75 Å². The van der Waals surface area contributed by atoms with Gasteiger partial charge in [0.05, 0.1) is 32.0 Å². The second-order valence-electron chi connectivity index (χ2n) is 6.70. The van der Waals surface area contributed by atoms with Gasteiger partial charge in [-0.3, -0.25) is 0 Å². The smallest absolute Gasteiger partial charge is 0.203 e. The van der Waals surface area contributed by atoms with Gasteiger partial charge in [-0.05, 0) is 53.1 Å². The fourth-order valence-corrected chi connectivity index (χ4v) is 4.53. The monoisotopic (exact) mass is 442 g/mol. The van der Waals surface area contributed by atoms with E-state index < -0.39 is 15.7 Å². The fraction of sp³-hybridized carbons (Fsp3) is 0.167. The number of benzene rings is 3. The molecule has 3 rings (SSSR count). The number of halogens is 1. The van der Waals surface area contributed by atoms with Crippen molar-refractivity contribution in [1.29, 1.82) is 0 Å². The first-order valence-corrected chi connectivity index (χ1v) is 11.1. The largest absolute Gasteiger partial charge is 0.493 e. The number of hydrogen-bond donors (Lipinski definition) is 0. The molecule has 31 heavy (non-hydrogen) atoms. The van der Waals surface area contributed by atoms with E-state index in [0.717, 1.165) is 23.3 Å². The molecular weight excluding hydrogens is 419 g/mol. The van der Waals surface area contributed by atoms with E-state index in [0.29, 0.717) is 22.8 Å². The Labute approximate surface area is 181 Å². The minimum atomic E-state index is -3.62. The number of methoxy groups -OCH3 is 3. The molecule has 3 aromatic carbocycles. The highest BCUT2D eigenvalue weighted by Crippen LogP contribution is 2.38. The van der Waals surface area contributed by atoms with Crippen molar-refractivity contribution >= 4 is 22.0 Å². The predicted octanol–water partition coefficient (Wildman–Crippen LogP) is 5.00. The number of hydrogen-bond acceptors (Lipinski definition) is 5. The molecule has 0 unspecified atom stereocenters. The number of ether oxygens (including phenoxy) is 3. The van der Waals surface area contributed by atoms with Crippen molar-refractivity contribution in [2.24, 2.45) is 0 Å². The Hall–Kier alpha value is -3.32. The molecule has 7 heteroatoms. The predicted molar refractivity (Wildman–Crippen MR) is 119 cm³/mol. The average Bonchev–Trinajstić information content (AvgIpc) is 2.77. The molecule has 0 amide bonds. The maximum absolute atomic E-state index is 13.2. The van der Waals surface area contributed by atoms with Crippen molar-refractivity contribution in [3.05, 3.63) is 83.2 Å². The van der Waals surface area contributed by atoms with E-state index in [-0.39, 0.29) is 10.6 Å². The van der Waals surface area contributed by atoms with Gasteiger partial charge in [0.15, 0.2) is 21.3 Å². The molecule has 0 aliphatic heterocycles. The van der Waals surface area contributed by atoms with Crippen LogP contribution < -0.4 is 14.2 Å². The zero-order valence-corrected chi connectivity index (χ0v) is 18.3. The first-order valence-electron chi connectivity index (χ1n) is 9.42. The van der Waals surface area contributed by atoms with Gasteiger partial charge in [-0.15, -0.1) is 0 Å². The first kappa shape index (κ1) is 22.4. The maximum Gasteiger partial charge on any atom is 0.203 e. The lowest BCUT2D eigenvalue weighted by atomic mass is 10.1. The zero-order valence-electron chi connectivity index (χ0n) is 17.5. The van der Waals surface area contributed by atoms with Crippen LogP contribution in [0.15, 0.2) is 65.6 Å². The Morgan fingerprint density at radius 3 is 2.03 bits per heavy atom. The van der Waals surface area contributed by atoms with E-state index in [4.69, 9.17) is 14.2 Å². The normalized spacial score (nSPS) is 11.5. The molecule has 0 atom stereocenters. The maximum atomic E-state index is 13.2. The summed E-state index contributed by atoms with van der Waals surface area (Å²) in [6, 6.07) is 15.7. The Kier molecular flexibility index (Phi) is 6.97. The highest BCUT2D eigenvalue weighted by atomic mass is 32.2. The highest BCUT2D eigenvalue weighted by Gasteiger charge is 2.17. The molecular formula is C24H23FO5S. The van der Waals surface area contributed by atoms with Gasteiger partial charge >= 0.3 is 0 Å². The lowest BCUT2D eigenvalue weighted by molar-refractivity contribution is 0.324. The molecule has 0 radical (unpaired) electrons. The molecule has 0 fully saturated rings. The van der Waals surface area contributed by atoms with E-state index in [1.54, 1.807) is 38.5 Å². The highest BCUT2D eigenvalue weighted by molar-refractivity contribution is 7.90. The third kappa shape index (κ3) is 5.24. The Balaban J connectivity index is 1.92. The Morgan fingerprint density at radius 2 is 1.45 bits per heavy atom. The van der Waals surface area contributed by atoms with Crippen molar-refractivity contribution in [1.82, 2.24) is 0 Å². The lowest BCUT2D eigenvalue weighted by Gasteiger charge is -2.13. The summed E-state index contributed by atoms with van der Waals surface area (Å²) < 4.78 is 54.8. The van der Waals surface area contributed by atoms with Crippen LogP contribution >= 0.6 is 0 Å². The van der Waals surface area contributed by atoms with Crippen molar-refractivity contribution in [3.8, 4) is 17.2 Å². The van der Waals surface area contributed by atoms with Gasteiger partial charge in [0, 0.05) is 0 Å². The molecule has 5 nitrogen and oxygen atoms in total. The SMILES string of the molecule is COc1cc(/C=C\c2ccccc2CS(=O)(=O)c2ccc(F)cc2)cc(OC)c1OC. The Morgan fingerprint density at radius 1 is 0.839 bits per heavy atom. The molecule has 162 valence electrons. The van der Waals surface area contributed by atoms with Gasteiger partial charge in [-0.1, -0.05) is 36.4 Å². The van der Waals surface area contributed by atoms with Crippen LogP contribution in [0.4, 0.5) is 4.39 Å². The summed E-state index contributed by atoms with van der Waals surface area (Å²) in [6.45, 7) is 0. The molecule has 0 aliphatic rings. The van der Waals surface area contributed by atoms with E-state index in [1.165, 1.54) is 19.2 Å². The van der Waals surface area contributed by atoms with Crippen LogP contribution in [0, 0.1) is 5.82 Å². The molecule has 0 saturated heterocycles. The molecule has 0 heterocycles. The van der Waals surface area contributed by atoms with E-state index in [1.807, 2.05) is 24.3 Å². The average molecular weight is 443 g/mol. The lowest BCUT2D eigenvalue weighted by Crippen LogP contribution is -2.06. The third-order valence-electron chi connectivity index (χ3n) is 4.72. The topological polar surface area (TPSA) is 61.8 Å².